The highest BCUT2D eigenvalue weighted by Crippen LogP contribution is 2.45. The smallest absolute Gasteiger partial charge is 0.312 e. The number of fused-ring (bicyclic) bond motifs is 1. The molecule has 1 aliphatic heterocycles. The summed E-state index contributed by atoms with van der Waals surface area (Å²) in [7, 11) is 1.47. The molecule has 0 fully saturated rings. The van der Waals surface area contributed by atoms with Crippen molar-refractivity contribution >= 4 is 11.8 Å². The van der Waals surface area contributed by atoms with Gasteiger partial charge in [0.15, 0.2) is 23.0 Å². The molecule has 0 bridgehead atoms. The zero-order valence-corrected chi connectivity index (χ0v) is 24.0. The summed E-state index contributed by atoms with van der Waals surface area (Å²) in [4.78, 5) is 29.8. The van der Waals surface area contributed by atoms with Crippen molar-refractivity contribution in [3.8, 4) is 28.5 Å². The number of nitrogens with one attached hydrogen (secondary N) is 1. The molecule has 10 heteroatoms. The molecular formula is C31H37N3O7. The van der Waals surface area contributed by atoms with E-state index in [0.29, 0.717) is 39.8 Å². The van der Waals surface area contributed by atoms with Crippen LogP contribution in [0.15, 0.2) is 48.5 Å². The highest BCUT2D eigenvalue weighted by atomic mass is 16.5. The normalized spacial score (nSPS) is 18.0. The monoisotopic (exact) mass is 563 g/mol. The number of ether oxygens (including phenoxy) is 3. The Kier molecular flexibility index (Phi) is 8.55. The Bertz CT molecular complexity index is 1440. The Balaban J connectivity index is 1.63. The number of carbonyl (C=O) groups excluding carboxylic acids is 2. The molecule has 1 aromatic heterocycles. The largest absolute Gasteiger partial charge is 0.493 e. The van der Waals surface area contributed by atoms with Gasteiger partial charge in [-0.05, 0) is 58.4 Å². The van der Waals surface area contributed by atoms with Gasteiger partial charge >= 0.3 is 6.03 Å². The molecular weight excluding hydrogens is 526 g/mol. The number of urea groups is 1. The van der Waals surface area contributed by atoms with Crippen LogP contribution in [0.1, 0.15) is 60.8 Å². The maximum Gasteiger partial charge on any atom is 0.312 e. The van der Waals surface area contributed by atoms with Crippen LogP contribution >= 0.6 is 0 Å². The Morgan fingerprint density at radius 3 is 2.54 bits per heavy atom. The second kappa shape index (κ2) is 11.8. The van der Waals surface area contributed by atoms with Gasteiger partial charge in [0.2, 0.25) is 0 Å². The van der Waals surface area contributed by atoms with E-state index < -0.39 is 23.3 Å². The molecule has 0 aliphatic carbocycles. The third kappa shape index (κ3) is 6.61. The second-order valence-corrected chi connectivity index (χ2v) is 10.9. The van der Waals surface area contributed by atoms with E-state index in [4.69, 9.17) is 24.9 Å². The van der Waals surface area contributed by atoms with Crippen LogP contribution in [0.25, 0.3) is 11.3 Å². The first-order valence-corrected chi connectivity index (χ1v) is 13.4. The van der Waals surface area contributed by atoms with E-state index in [2.05, 4.69) is 5.32 Å². The molecule has 0 radical (unpaired) electrons. The average molecular weight is 564 g/mol. The van der Waals surface area contributed by atoms with E-state index in [1.165, 1.54) is 7.11 Å². The highest BCUT2D eigenvalue weighted by molar-refractivity contribution is 5.96. The Morgan fingerprint density at radius 1 is 1.20 bits per heavy atom. The van der Waals surface area contributed by atoms with Crippen molar-refractivity contribution < 1.29 is 34.0 Å². The number of nitrogens with two attached hydrogens (primary N) is 1. The zero-order chi connectivity index (χ0) is 29.9. The maximum absolute atomic E-state index is 13.2. The number of benzene rings is 2. The van der Waals surface area contributed by atoms with Crippen molar-refractivity contribution in [1.82, 2.24) is 10.3 Å². The number of pyridine rings is 1. The highest BCUT2D eigenvalue weighted by Gasteiger charge is 2.41. The van der Waals surface area contributed by atoms with E-state index in [1.807, 2.05) is 31.2 Å². The van der Waals surface area contributed by atoms with Gasteiger partial charge in [0.1, 0.15) is 30.0 Å². The van der Waals surface area contributed by atoms with Gasteiger partial charge in [0.25, 0.3) is 0 Å². The van der Waals surface area contributed by atoms with Crippen LogP contribution in [-0.4, -0.2) is 53.4 Å². The van der Waals surface area contributed by atoms with Crippen LogP contribution in [-0.2, 0) is 11.1 Å². The van der Waals surface area contributed by atoms with Gasteiger partial charge in [-0.15, -0.1) is 0 Å². The number of aryl methyl sites for hydroxylation is 1. The summed E-state index contributed by atoms with van der Waals surface area (Å²) in [5, 5.41) is 23.9. The summed E-state index contributed by atoms with van der Waals surface area (Å²) < 4.78 is 16.9. The fraction of sp³-hybridized carbons (Fsp3) is 0.387. The Hall–Kier alpha value is -4.15. The minimum Gasteiger partial charge on any atom is -0.493 e. The Labute approximate surface area is 239 Å². The van der Waals surface area contributed by atoms with Crippen molar-refractivity contribution in [2.75, 3.05) is 20.3 Å². The number of aromatic nitrogens is 1. The lowest BCUT2D eigenvalue weighted by molar-refractivity contribution is 0.0396. The van der Waals surface area contributed by atoms with Gasteiger partial charge in [0.05, 0.1) is 18.9 Å². The number of aliphatic hydroxyl groups is 2. The number of rotatable bonds is 11. The number of primary amides is 1. The van der Waals surface area contributed by atoms with Crippen molar-refractivity contribution in [3.05, 3.63) is 70.9 Å². The predicted octanol–water partition coefficient (Wildman–Crippen LogP) is 3.97. The average Bonchev–Trinajstić information content (AvgIpc) is 3.25. The van der Waals surface area contributed by atoms with Crippen LogP contribution in [0, 0.1) is 6.92 Å². The topological polar surface area (TPSA) is 153 Å². The molecule has 0 saturated carbocycles. The summed E-state index contributed by atoms with van der Waals surface area (Å²) in [6.45, 7) is 7.23. The molecule has 0 spiro atoms. The lowest BCUT2D eigenvalue weighted by Gasteiger charge is -2.27. The standard InChI is InChI=1S/C31H37N3O7/c1-18-6-8-20(9-7-18)27-28-22(30(3,17-41-28)34-29(32)37)15-26(33-27)31(4,38)13-12-23(36)21-10-11-24(25(14-21)39-5)40-16-19(2)35/h6-11,14-15,19,35,38H,12-13,16-17H2,1-5H3,(H3,32,34,37). The van der Waals surface area contributed by atoms with Crippen LogP contribution in [0.5, 0.6) is 17.2 Å². The summed E-state index contributed by atoms with van der Waals surface area (Å²) >= 11 is 0. The van der Waals surface area contributed by atoms with Crippen molar-refractivity contribution in [2.45, 2.75) is 57.8 Å². The van der Waals surface area contributed by atoms with Gasteiger partial charge in [0, 0.05) is 23.1 Å². The molecule has 3 aromatic rings. The summed E-state index contributed by atoms with van der Waals surface area (Å²) in [5.74, 6) is 1.09. The number of amides is 2. The molecule has 2 amide bonds. The number of Topliss-reactive ketones (excluding diaryl/α,β-unsaturated/α-hetero) is 1. The van der Waals surface area contributed by atoms with E-state index in [9.17, 15) is 19.8 Å². The third-order valence-corrected chi connectivity index (χ3v) is 7.15. The van der Waals surface area contributed by atoms with Crippen molar-refractivity contribution in [1.29, 1.82) is 0 Å². The van der Waals surface area contributed by atoms with Crippen LogP contribution in [0.4, 0.5) is 4.79 Å². The van der Waals surface area contributed by atoms with Crippen LogP contribution < -0.4 is 25.3 Å². The first-order valence-electron chi connectivity index (χ1n) is 13.4. The van der Waals surface area contributed by atoms with Crippen molar-refractivity contribution in [2.24, 2.45) is 5.73 Å². The minimum absolute atomic E-state index is 0.0238. The first kappa shape index (κ1) is 29.8. The van der Waals surface area contributed by atoms with Gasteiger partial charge in [-0.25, -0.2) is 9.78 Å². The quantitative estimate of drug-likeness (QED) is 0.256. The summed E-state index contributed by atoms with van der Waals surface area (Å²) in [6.07, 6.45) is -0.553. The number of aliphatic hydroxyl groups excluding tert-OH is 1. The Morgan fingerprint density at radius 2 is 1.90 bits per heavy atom. The summed E-state index contributed by atoms with van der Waals surface area (Å²) in [5.41, 5.74) is 6.80. The molecule has 41 heavy (non-hydrogen) atoms. The van der Waals surface area contributed by atoms with E-state index in [-0.39, 0.29) is 31.8 Å². The fourth-order valence-corrected chi connectivity index (χ4v) is 4.74. The number of carbonyl (C=O) groups is 2. The summed E-state index contributed by atoms with van der Waals surface area (Å²) in [6, 6.07) is 13.6. The lowest BCUT2D eigenvalue weighted by atomic mass is 9.87. The molecule has 218 valence electrons. The van der Waals surface area contributed by atoms with Gasteiger partial charge in [-0.2, -0.15) is 0 Å². The van der Waals surface area contributed by atoms with Gasteiger partial charge in [-0.1, -0.05) is 29.8 Å². The molecule has 0 saturated heterocycles. The van der Waals surface area contributed by atoms with Gasteiger partial charge in [-0.3, -0.25) is 4.79 Å². The number of ketones is 1. The molecule has 3 unspecified atom stereocenters. The number of hydrogen-bond acceptors (Lipinski definition) is 8. The molecule has 2 aromatic carbocycles. The minimum atomic E-state index is -1.50. The predicted molar refractivity (Wildman–Crippen MR) is 153 cm³/mol. The molecule has 4 rings (SSSR count). The number of methoxy groups -OCH3 is 1. The SMILES string of the molecule is COc1cc(C(=O)CCC(C)(O)c2cc3c(c(-c4ccc(C)cc4)n2)OCC3(C)NC(N)=O)ccc1OCC(C)O. The molecule has 2 heterocycles. The lowest BCUT2D eigenvalue weighted by Crippen LogP contribution is -2.47. The molecule has 10 nitrogen and oxygen atoms in total. The number of nitrogens with zero attached hydrogens (tertiary/aromatic N) is 1. The third-order valence-electron chi connectivity index (χ3n) is 7.15. The van der Waals surface area contributed by atoms with E-state index in [1.54, 1.807) is 45.0 Å². The van der Waals surface area contributed by atoms with E-state index in [0.717, 1.165) is 11.1 Å². The first-order chi connectivity index (χ1) is 19.3. The zero-order valence-electron chi connectivity index (χ0n) is 24.0. The van der Waals surface area contributed by atoms with Crippen LogP contribution in [0.2, 0.25) is 0 Å². The van der Waals surface area contributed by atoms with Gasteiger partial charge < -0.3 is 35.5 Å². The van der Waals surface area contributed by atoms with Crippen LogP contribution in [0.3, 0.4) is 0 Å². The van der Waals surface area contributed by atoms with Crippen molar-refractivity contribution in [3.63, 3.8) is 0 Å². The number of hydrogen-bond donors (Lipinski definition) is 4. The van der Waals surface area contributed by atoms with E-state index >= 15 is 0 Å². The fourth-order valence-electron chi connectivity index (χ4n) is 4.74. The molecule has 3 atom stereocenters. The molecule has 1 aliphatic rings. The second-order valence-electron chi connectivity index (χ2n) is 10.9. The molecule has 5 N–H and O–H groups in total. The maximum atomic E-state index is 13.2.